The summed E-state index contributed by atoms with van der Waals surface area (Å²) >= 11 is 0. The summed E-state index contributed by atoms with van der Waals surface area (Å²) in [6, 6.07) is 12.5. The Morgan fingerprint density at radius 2 is 1.94 bits per heavy atom. The van der Waals surface area contributed by atoms with Crippen molar-refractivity contribution in [1.82, 2.24) is 4.90 Å². The number of carbonyl (C=O) groups excluding carboxylic acids is 1. The zero-order valence-electron chi connectivity index (χ0n) is 17.5. The van der Waals surface area contributed by atoms with E-state index >= 15 is 0 Å². The van der Waals surface area contributed by atoms with Crippen LogP contribution in [0.4, 0.5) is 14.9 Å². The summed E-state index contributed by atoms with van der Waals surface area (Å²) in [5.41, 5.74) is 1.25. The van der Waals surface area contributed by atoms with Crippen LogP contribution in [0.3, 0.4) is 0 Å². The topological polar surface area (TPSA) is 81.0 Å². The maximum absolute atomic E-state index is 12.9. The van der Waals surface area contributed by atoms with E-state index < -0.39 is 11.7 Å². The number of carbonyl (C=O) groups is 1. The average Bonchev–Trinajstić information content (AvgIpc) is 2.72. The average molecular weight is 428 g/mol. The van der Waals surface area contributed by atoms with Gasteiger partial charge in [-0.05, 0) is 62.4 Å². The number of hydrogen-bond donors (Lipinski definition) is 1. The number of rotatable bonds is 9. The van der Waals surface area contributed by atoms with Crippen molar-refractivity contribution in [3.8, 4) is 5.75 Å². The third-order valence-electron chi connectivity index (χ3n) is 4.56. The van der Waals surface area contributed by atoms with Crippen LogP contribution in [0.15, 0.2) is 57.7 Å². The number of ether oxygens (including phenoxy) is 2. The molecule has 31 heavy (non-hydrogen) atoms. The summed E-state index contributed by atoms with van der Waals surface area (Å²) in [7, 11) is 1.95. The fourth-order valence-corrected chi connectivity index (χ4v) is 3.15. The number of fused-ring (bicyclic) bond motifs is 1. The van der Waals surface area contributed by atoms with Gasteiger partial charge in [-0.3, -0.25) is 5.32 Å². The maximum atomic E-state index is 12.9. The normalized spacial score (nSPS) is 11.0. The lowest BCUT2D eigenvalue weighted by Gasteiger charge is -2.18. The molecule has 0 saturated carbocycles. The Kier molecular flexibility index (Phi) is 7.61. The van der Waals surface area contributed by atoms with Crippen LogP contribution in [0.2, 0.25) is 0 Å². The van der Waals surface area contributed by atoms with E-state index in [9.17, 15) is 14.0 Å². The van der Waals surface area contributed by atoms with Gasteiger partial charge in [0.15, 0.2) is 0 Å². The van der Waals surface area contributed by atoms with Gasteiger partial charge >= 0.3 is 11.7 Å². The number of hydrogen-bond acceptors (Lipinski definition) is 6. The highest BCUT2D eigenvalue weighted by molar-refractivity contribution is 5.89. The molecule has 0 unspecified atom stereocenters. The Morgan fingerprint density at radius 3 is 2.68 bits per heavy atom. The van der Waals surface area contributed by atoms with Gasteiger partial charge in [-0.2, -0.15) is 0 Å². The largest absolute Gasteiger partial charge is 0.494 e. The first-order chi connectivity index (χ1) is 14.9. The standard InChI is InChI=1S/C23H25FN2O5/c1-3-29-23(28)25-18-7-10-20-16(13-22(27)31-21(20)14-18)15-26(2)11-4-12-30-19-8-5-17(24)6-9-19/h5-10,13-14H,3-4,11-12,15H2,1-2H3,(H,25,28). The summed E-state index contributed by atoms with van der Waals surface area (Å²) in [5, 5.41) is 3.39. The second kappa shape index (κ2) is 10.6. The van der Waals surface area contributed by atoms with Crippen molar-refractivity contribution < 1.29 is 23.1 Å². The molecule has 0 saturated heterocycles. The van der Waals surface area contributed by atoms with Crippen LogP contribution in [0.5, 0.6) is 5.75 Å². The van der Waals surface area contributed by atoms with Crippen molar-refractivity contribution in [3.63, 3.8) is 0 Å². The third kappa shape index (κ3) is 6.55. The molecule has 8 heteroatoms. The van der Waals surface area contributed by atoms with Gasteiger partial charge in [-0.25, -0.2) is 14.0 Å². The van der Waals surface area contributed by atoms with Gasteiger partial charge < -0.3 is 18.8 Å². The highest BCUT2D eigenvalue weighted by Gasteiger charge is 2.11. The van der Waals surface area contributed by atoms with Crippen molar-refractivity contribution in [3.05, 3.63) is 70.3 Å². The predicted molar refractivity (Wildman–Crippen MR) is 116 cm³/mol. The van der Waals surface area contributed by atoms with E-state index in [0.717, 1.165) is 23.9 Å². The molecule has 0 fully saturated rings. The minimum absolute atomic E-state index is 0.264. The molecule has 0 bridgehead atoms. The van der Waals surface area contributed by atoms with E-state index in [1.54, 1.807) is 37.3 Å². The van der Waals surface area contributed by atoms with Gasteiger partial charge in [0.1, 0.15) is 17.1 Å². The van der Waals surface area contributed by atoms with Crippen LogP contribution >= 0.6 is 0 Å². The van der Waals surface area contributed by atoms with Gasteiger partial charge in [0.25, 0.3) is 0 Å². The van der Waals surface area contributed by atoms with Crippen LogP contribution in [-0.2, 0) is 11.3 Å². The van der Waals surface area contributed by atoms with Crippen LogP contribution in [0, 0.1) is 5.82 Å². The fourth-order valence-electron chi connectivity index (χ4n) is 3.15. The lowest BCUT2D eigenvalue weighted by molar-refractivity contribution is 0.168. The Morgan fingerprint density at radius 1 is 1.16 bits per heavy atom. The number of benzene rings is 2. The molecule has 2 aromatic carbocycles. The minimum atomic E-state index is -0.567. The minimum Gasteiger partial charge on any atom is -0.494 e. The van der Waals surface area contributed by atoms with Crippen LogP contribution < -0.4 is 15.7 Å². The van der Waals surface area contributed by atoms with E-state index in [1.165, 1.54) is 18.2 Å². The van der Waals surface area contributed by atoms with Crippen LogP contribution in [0.1, 0.15) is 18.9 Å². The second-order valence-corrected chi connectivity index (χ2v) is 7.04. The summed E-state index contributed by atoms with van der Waals surface area (Å²) in [6.45, 7) is 3.77. The molecule has 3 aromatic rings. The highest BCUT2D eigenvalue weighted by atomic mass is 19.1. The Hall–Kier alpha value is -3.39. The molecule has 0 aliphatic carbocycles. The number of halogens is 1. The van der Waals surface area contributed by atoms with Crippen molar-refractivity contribution in [2.75, 3.05) is 32.1 Å². The van der Waals surface area contributed by atoms with Gasteiger partial charge in [0.05, 0.1) is 13.2 Å². The molecule has 0 radical (unpaired) electrons. The van der Waals surface area contributed by atoms with E-state index in [4.69, 9.17) is 13.9 Å². The third-order valence-corrected chi connectivity index (χ3v) is 4.56. The number of anilines is 1. The summed E-state index contributed by atoms with van der Waals surface area (Å²) in [6.07, 6.45) is 0.198. The van der Waals surface area contributed by atoms with E-state index in [-0.39, 0.29) is 12.4 Å². The summed E-state index contributed by atoms with van der Waals surface area (Å²) in [5.74, 6) is 0.332. The lowest BCUT2D eigenvalue weighted by Crippen LogP contribution is -2.21. The Labute approximate surface area is 179 Å². The summed E-state index contributed by atoms with van der Waals surface area (Å²) in [4.78, 5) is 25.7. The fraction of sp³-hybridized carbons (Fsp3) is 0.304. The molecule has 0 atom stereocenters. The van der Waals surface area contributed by atoms with E-state index in [0.29, 0.717) is 30.2 Å². The van der Waals surface area contributed by atoms with Gasteiger partial charge in [0.2, 0.25) is 0 Å². The predicted octanol–water partition coefficient (Wildman–Crippen LogP) is 4.40. The maximum Gasteiger partial charge on any atom is 0.411 e. The molecule has 164 valence electrons. The molecule has 3 rings (SSSR count). The van der Waals surface area contributed by atoms with E-state index in [2.05, 4.69) is 10.2 Å². The van der Waals surface area contributed by atoms with E-state index in [1.807, 2.05) is 7.05 Å². The van der Waals surface area contributed by atoms with Crippen molar-refractivity contribution in [1.29, 1.82) is 0 Å². The lowest BCUT2D eigenvalue weighted by atomic mass is 10.1. The molecular formula is C23H25FN2O5. The second-order valence-electron chi connectivity index (χ2n) is 7.04. The number of amides is 1. The molecule has 7 nitrogen and oxygen atoms in total. The first-order valence-electron chi connectivity index (χ1n) is 10.0. The van der Waals surface area contributed by atoms with Crippen molar-refractivity contribution >= 4 is 22.7 Å². The van der Waals surface area contributed by atoms with Crippen molar-refractivity contribution in [2.45, 2.75) is 19.9 Å². The van der Waals surface area contributed by atoms with Crippen molar-refractivity contribution in [2.24, 2.45) is 0 Å². The van der Waals surface area contributed by atoms with Gasteiger partial charge in [0, 0.05) is 36.3 Å². The SMILES string of the molecule is CCOC(=O)Nc1ccc2c(CN(C)CCCOc3ccc(F)cc3)cc(=O)oc2c1. The quantitative estimate of drug-likeness (QED) is 0.402. The van der Waals surface area contributed by atoms with Gasteiger partial charge in [-0.1, -0.05) is 0 Å². The first kappa shape index (κ1) is 22.3. The highest BCUT2D eigenvalue weighted by Crippen LogP contribution is 2.22. The molecule has 0 aliphatic heterocycles. The monoisotopic (exact) mass is 428 g/mol. The molecule has 0 spiro atoms. The summed E-state index contributed by atoms with van der Waals surface area (Å²) < 4.78 is 28.7. The first-order valence-corrected chi connectivity index (χ1v) is 10.0. The Balaban J connectivity index is 1.60. The molecule has 1 N–H and O–H groups in total. The number of nitrogens with zero attached hydrogens (tertiary/aromatic N) is 1. The molecular weight excluding hydrogens is 403 g/mol. The smallest absolute Gasteiger partial charge is 0.411 e. The van der Waals surface area contributed by atoms with Crippen LogP contribution in [0.25, 0.3) is 11.0 Å². The van der Waals surface area contributed by atoms with Crippen LogP contribution in [-0.4, -0.2) is 37.8 Å². The Bertz CT molecular complexity index is 1080. The molecule has 1 aromatic heterocycles. The molecule has 1 heterocycles. The van der Waals surface area contributed by atoms with Gasteiger partial charge in [-0.15, -0.1) is 0 Å². The molecule has 1 amide bonds. The number of nitrogens with one attached hydrogen (secondary N) is 1. The molecule has 0 aliphatic rings. The zero-order valence-corrected chi connectivity index (χ0v) is 17.5. The zero-order chi connectivity index (χ0) is 22.2.